The summed E-state index contributed by atoms with van der Waals surface area (Å²) in [7, 11) is 3.18. The van der Waals surface area contributed by atoms with Crippen molar-refractivity contribution in [1.82, 2.24) is 15.3 Å². The number of aromatic amines is 1. The first-order chi connectivity index (χ1) is 15.6. The molecule has 0 aliphatic carbocycles. The Morgan fingerprint density at radius 1 is 1.06 bits per heavy atom. The molecule has 0 saturated carbocycles. The molecular formula is C26H25N3O3. The Kier molecular flexibility index (Phi) is 6.22. The summed E-state index contributed by atoms with van der Waals surface area (Å²) in [5.74, 6) is 1.09. The molecule has 4 aromatic rings. The Hall–Kier alpha value is -4.06. The number of carbonyl (C=O) groups excluding carboxylic acids is 1. The predicted octanol–water partition coefficient (Wildman–Crippen LogP) is 5.14. The number of ether oxygens (including phenoxy) is 2. The SMILES string of the molecule is COc1ccc([C@@H](C)NC(=O)/C=C/c2c[nH]c3nccc(-c4ccccc4)c23)cc1OC. The fraction of sp³-hybridized carbons (Fsp3) is 0.154. The van der Waals surface area contributed by atoms with Crippen LogP contribution >= 0.6 is 0 Å². The minimum Gasteiger partial charge on any atom is -0.493 e. The molecule has 0 aliphatic rings. The smallest absolute Gasteiger partial charge is 0.244 e. The Balaban J connectivity index is 1.54. The maximum atomic E-state index is 12.6. The van der Waals surface area contributed by atoms with Crippen molar-refractivity contribution in [3.05, 3.63) is 84.2 Å². The first-order valence-electron chi connectivity index (χ1n) is 10.3. The van der Waals surface area contributed by atoms with E-state index in [0.29, 0.717) is 11.5 Å². The van der Waals surface area contributed by atoms with Crippen LogP contribution in [-0.2, 0) is 4.79 Å². The molecule has 0 unspecified atom stereocenters. The number of fused-ring (bicyclic) bond motifs is 1. The van der Waals surface area contributed by atoms with E-state index >= 15 is 0 Å². The van der Waals surface area contributed by atoms with Crippen LogP contribution in [0.5, 0.6) is 11.5 Å². The third-order valence-corrected chi connectivity index (χ3v) is 5.37. The highest BCUT2D eigenvalue weighted by molar-refractivity contribution is 6.01. The number of nitrogens with one attached hydrogen (secondary N) is 2. The molecule has 2 N–H and O–H groups in total. The molecule has 1 atom stereocenters. The molecule has 6 nitrogen and oxygen atoms in total. The van der Waals surface area contributed by atoms with Crippen molar-refractivity contribution in [2.45, 2.75) is 13.0 Å². The zero-order valence-corrected chi connectivity index (χ0v) is 18.3. The summed E-state index contributed by atoms with van der Waals surface area (Å²) >= 11 is 0. The molecule has 2 heterocycles. The van der Waals surface area contributed by atoms with Gasteiger partial charge in [0.15, 0.2) is 11.5 Å². The second kappa shape index (κ2) is 9.39. The number of carbonyl (C=O) groups is 1. The molecule has 6 heteroatoms. The van der Waals surface area contributed by atoms with Gasteiger partial charge in [-0.15, -0.1) is 0 Å². The largest absolute Gasteiger partial charge is 0.493 e. The molecule has 32 heavy (non-hydrogen) atoms. The number of nitrogens with zero attached hydrogens (tertiary/aromatic N) is 1. The summed E-state index contributed by atoms with van der Waals surface area (Å²) in [5.41, 5.74) is 4.77. The van der Waals surface area contributed by atoms with Gasteiger partial charge in [0.25, 0.3) is 0 Å². The lowest BCUT2D eigenvalue weighted by Gasteiger charge is -2.15. The van der Waals surface area contributed by atoms with Gasteiger partial charge in [-0.3, -0.25) is 4.79 Å². The van der Waals surface area contributed by atoms with Crippen LogP contribution < -0.4 is 14.8 Å². The van der Waals surface area contributed by atoms with Gasteiger partial charge in [0.05, 0.1) is 20.3 Å². The van der Waals surface area contributed by atoms with Gasteiger partial charge in [-0.2, -0.15) is 0 Å². The average molecular weight is 428 g/mol. The quantitative estimate of drug-likeness (QED) is 0.401. The summed E-state index contributed by atoms with van der Waals surface area (Å²) in [6, 6.07) is 17.5. The van der Waals surface area contributed by atoms with Crippen LogP contribution in [0.2, 0.25) is 0 Å². The van der Waals surface area contributed by atoms with Crippen LogP contribution in [0.15, 0.2) is 73.1 Å². The fourth-order valence-electron chi connectivity index (χ4n) is 3.70. The summed E-state index contributed by atoms with van der Waals surface area (Å²) < 4.78 is 10.6. The number of hydrogen-bond acceptors (Lipinski definition) is 4. The Labute approximate surface area is 186 Å². The molecule has 0 bridgehead atoms. The second-order valence-electron chi connectivity index (χ2n) is 7.37. The highest BCUT2D eigenvalue weighted by Crippen LogP contribution is 2.31. The molecule has 2 aromatic carbocycles. The lowest BCUT2D eigenvalue weighted by atomic mass is 10.0. The van der Waals surface area contributed by atoms with Crippen molar-refractivity contribution in [3.8, 4) is 22.6 Å². The lowest BCUT2D eigenvalue weighted by Crippen LogP contribution is -2.24. The number of benzene rings is 2. The van der Waals surface area contributed by atoms with Gasteiger partial charge in [0, 0.05) is 29.4 Å². The fourth-order valence-corrected chi connectivity index (χ4v) is 3.70. The topological polar surface area (TPSA) is 76.2 Å². The molecule has 2 aromatic heterocycles. The molecule has 0 spiro atoms. The van der Waals surface area contributed by atoms with Crippen molar-refractivity contribution >= 4 is 23.0 Å². The number of methoxy groups -OCH3 is 2. The summed E-state index contributed by atoms with van der Waals surface area (Å²) in [4.78, 5) is 20.2. The van der Waals surface area contributed by atoms with Gasteiger partial charge in [0.2, 0.25) is 5.91 Å². The van der Waals surface area contributed by atoms with E-state index in [4.69, 9.17) is 9.47 Å². The van der Waals surface area contributed by atoms with Gasteiger partial charge in [-0.25, -0.2) is 4.98 Å². The number of amides is 1. The number of hydrogen-bond donors (Lipinski definition) is 2. The minimum absolute atomic E-state index is 0.188. The Bertz CT molecular complexity index is 1260. The van der Waals surface area contributed by atoms with Crippen LogP contribution in [0.4, 0.5) is 0 Å². The summed E-state index contributed by atoms with van der Waals surface area (Å²) in [6.07, 6.45) is 7.00. The zero-order chi connectivity index (χ0) is 22.5. The summed E-state index contributed by atoms with van der Waals surface area (Å²) in [5, 5.41) is 3.98. The maximum Gasteiger partial charge on any atom is 0.244 e. The molecular weight excluding hydrogens is 402 g/mol. The van der Waals surface area contributed by atoms with Gasteiger partial charge < -0.3 is 19.8 Å². The van der Waals surface area contributed by atoms with Crippen molar-refractivity contribution in [2.24, 2.45) is 0 Å². The van der Waals surface area contributed by atoms with E-state index in [9.17, 15) is 4.79 Å². The molecule has 0 radical (unpaired) electrons. The third-order valence-electron chi connectivity index (χ3n) is 5.37. The average Bonchev–Trinajstić information content (AvgIpc) is 3.26. The Morgan fingerprint density at radius 3 is 2.59 bits per heavy atom. The number of rotatable bonds is 7. The normalized spacial score (nSPS) is 12.1. The van der Waals surface area contributed by atoms with E-state index in [0.717, 1.165) is 33.3 Å². The van der Waals surface area contributed by atoms with E-state index in [2.05, 4.69) is 27.4 Å². The van der Waals surface area contributed by atoms with E-state index < -0.39 is 0 Å². The van der Waals surface area contributed by atoms with Gasteiger partial charge in [-0.05, 0) is 47.9 Å². The van der Waals surface area contributed by atoms with E-state index in [-0.39, 0.29) is 11.9 Å². The van der Waals surface area contributed by atoms with Gasteiger partial charge >= 0.3 is 0 Å². The monoisotopic (exact) mass is 427 g/mol. The summed E-state index contributed by atoms with van der Waals surface area (Å²) in [6.45, 7) is 1.93. The molecule has 162 valence electrons. The molecule has 0 saturated heterocycles. The highest BCUT2D eigenvalue weighted by Gasteiger charge is 2.13. The van der Waals surface area contributed by atoms with Crippen molar-refractivity contribution < 1.29 is 14.3 Å². The number of pyridine rings is 1. The highest BCUT2D eigenvalue weighted by atomic mass is 16.5. The van der Waals surface area contributed by atoms with Crippen LogP contribution in [0.25, 0.3) is 28.2 Å². The van der Waals surface area contributed by atoms with Crippen molar-refractivity contribution in [3.63, 3.8) is 0 Å². The minimum atomic E-state index is -0.198. The number of aromatic nitrogens is 2. The Morgan fingerprint density at radius 2 is 1.84 bits per heavy atom. The molecule has 0 aliphatic heterocycles. The maximum absolute atomic E-state index is 12.6. The van der Waals surface area contributed by atoms with Crippen LogP contribution in [0.1, 0.15) is 24.1 Å². The molecule has 1 amide bonds. The first-order valence-corrected chi connectivity index (χ1v) is 10.3. The molecule has 4 rings (SSSR count). The molecule has 0 fully saturated rings. The standard InChI is InChI=1S/C26H25N3O3/c1-17(19-9-11-22(31-2)23(15-19)32-3)29-24(30)12-10-20-16-28-26-25(20)21(13-14-27-26)18-7-5-4-6-8-18/h4-17H,1-3H3,(H,27,28)(H,29,30)/b12-10+/t17-/m1/s1. The van der Waals surface area contributed by atoms with Crippen LogP contribution in [-0.4, -0.2) is 30.1 Å². The van der Waals surface area contributed by atoms with Crippen LogP contribution in [0.3, 0.4) is 0 Å². The van der Waals surface area contributed by atoms with E-state index in [1.807, 2.05) is 61.7 Å². The van der Waals surface area contributed by atoms with E-state index in [1.165, 1.54) is 0 Å². The second-order valence-corrected chi connectivity index (χ2v) is 7.37. The van der Waals surface area contributed by atoms with Crippen molar-refractivity contribution in [1.29, 1.82) is 0 Å². The predicted molar refractivity (Wildman–Crippen MR) is 127 cm³/mol. The lowest BCUT2D eigenvalue weighted by molar-refractivity contribution is -0.117. The first kappa shape index (κ1) is 21.2. The zero-order valence-electron chi connectivity index (χ0n) is 18.3. The van der Waals surface area contributed by atoms with Gasteiger partial charge in [0.1, 0.15) is 5.65 Å². The number of H-pyrrole nitrogens is 1. The van der Waals surface area contributed by atoms with Crippen molar-refractivity contribution in [2.75, 3.05) is 14.2 Å². The third kappa shape index (κ3) is 4.34. The van der Waals surface area contributed by atoms with Gasteiger partial charge in [-0.1, -0.05) is 36.4 Å². The van der Waals surface area contributed by atoms with E-state index in [1.54, 1.807) is 26.5 Å². The van der Waals surface area contributed by atoms with Crippen LogP contribution in [0, 0.1) is 0 Å².